The van der Waals surface area contributed by atoms with Crippen LogP contribution in [0.4, 0.5) is 19.8 Å². The summed E-state index contributed by atoms with van der Waals surface area (Å²) in [6.45, 7) is 1.94. The van der Waals surface area contributed by atoms with Gasteiger partial charge in [0.25, 0.3) is 0 Å². The Labute approximate surface area is 168 Å². The molecule has 2 heterocycles. The third kappa shape index (κ3) is 4.51. The van der Waals surface area contributed by atoms with Crippen molar-refractivity contribution in [3.63, 3.8) is 0 Å². The first-order valence-electron chi connectivity index (χ1n) is 8.50. The first-order valence-corrected chi connectivity index (χ1v) is 9.32. The zero-order valence-electron chi connectivity index (χ0n) is 15.5. The van der Waals surface area contributed by atoms with Gasteiger partial charge in [0.1, 0.15) is 10.7 Å². The van der Waals surface area contributed by atoms with Crippen molar-refractivity contribution in [1.29, 1.82) is 0 Å². The second-order valence-corrected chi connectivity index (χ2v) is 6.76. The number of benzene rings is 1. The number of methoxy groups -OCH3 is 1. The van der Waals surface area contributed by atoms with E-state index in [0.29, 0.717) is 15.8 Å². The average molecular weight is 420 g/mol. The maximum absolute atomic E-state index is 12.9. The lowest BCUT2D eigenvalue weighted by Gasteiger charge is -2.06. The van der Waals surface area contributed by atoms with Gasteiger partial charge in [0, 0.05) is 6.54 Å². The Balaban J connectivity index is 1.82. The maximum atomic E-state index is 12.9. The van der Waals surface area contributed by atoms with Crippen LogP contribution in [0.5, 0.6) is 0 Å². The smallest absolute Gasteiger partial charge is 0.435 e. The molecule has 0 spiro atoms. The van der Waals surface area contributed by atoms with Gasteiger partial charge in [-0.25, -0.2) is 18.8 Å². The van der Waals surface area contributed by atoms with Crippen molar-refractivity contribution in [2.75, 3.05) is 19.0 Å². The number of carbonyl (C=O) groups is 3. The van der Waals surface area contributed by atoms with Gasteiger partial charge in [-0.1, -0.05) is 12.1 Å². The molecule has 9 nitrogen and oxygen atoms in total. The molecular weight excluding hydrogens is 403 g/mol. The molecule has 0 unspecified atom stereocenters. The van der Waals surface area contributed by atoms with E-state index in [0.717, 1.165) is 16.0 Å². The lowest BCUT2D eigenvalue weighted by Crippen LogP contribution is -2.28. The number of ether oxygens (including phenoxy) is 2. The number of thiophene rings is 1. The SMILES string of the molecule is CCOC(=O)n1nc(NC(=O)NCc2ccc(F)cc2)c2sc(C(=O)OC)cc21. The number of esters is 1. The number of carbonyl (C=O) groups excluding carboxylic acids is 3. The van der Waals surface area contributed by atoms with E-state index < -0.39 is 18.1 Å². The van der Waals surface area contributed by atoms with Crippen LogP contribution >= 0.6 is 11.3 Å². The van der Waals surface area contributed by atoms with Gasteiger partial charge in [-0.15, -0.1) is 16.4 Å². The summed E-state index contributed by atoms with van der Waals surface area (Å²) in [6, 6.07) is 6.53. The molecule has 2 amide bonds. The molecule has 3 aromatic rings. The van der Waals surface area contributed by atoms with Crippen LogP contribution in [0.15, 0.2) is 30.3 Å². The number of hydrogen-bond acceptors (Lipinski definition) is 7. The molecule has 3 rings (SSSR count). The molecule has 11 heteroatoms. The lowest BCUT2D eigenvalue weighted by atomic mass is 10.2. The van der Waals surface area contributed by atoms with Gasteiger partial charge < -0.3 is 14.8 Å². The monoisotopic (exact) mass is 420 g/mol. The van der Waals surface area contributed by atoms with Crippen molar-refractivity contribution >= 4 is 45.5 Å². The normalized spacial score (nSPS) is 10.6. The van der Waals surface area contributed by atoms with E-state index in [1.54, 1.807) is 19.1 Å². The quantitative estimate of drug-likeness (QED) is 0.613. The van der Waals surface area contributed by atoms with Gasteiger partial charge in [-0.2, -0.15) is 4.68 Å². The molecule has 0 saturated carbocycles. The number of aromatic nitrogens is 2. The van der Waals surface area contributed by atoms with Crippen molar-refractivity contribution in [3.8, 4) is 0 Å². The fourth-order valence-electron chi connectivity index (χ4n) is 2.45. The third-order valence-corrected chi connectivity index (χ3v) is 4.89. The van der Waals surface area contributed by atoms with Crippen molar-refractivity contribution in [2.45, 2.75) is 13.5 Å². The van der Waals surface area contributed by atoms with Crippen LogP contribution in [0, 0.1) is 5.82 Å². The molecule has 0 saturated heterocycles. The van der Waals surface area contributed by atoms with Gasteiger partial charge in [0.15, 0.2) is 5.82 Å². The van der Waals surface area contributed by atoms with Crippen LogP contribution in [0.2, 0.25) is 0 Å². The Kier molecular flexibility index (Phi) is 6.07. The number of anilines is 1. The average Bonchev–Trinajstić information content (AvgIpc) is 3.27. The zero-order valence-corrected chi connectivity index (χ0v) is 16.3. The molecule has 29 heavy (non-hydrogen) atoms. The van der Waals surface area contributed by atoms with Gasteiger partial charge in [0.2, 0.25) is 0 Å². The summed E-state index contributed by atoms with van der Waals surface area (Å²) in [7, 11) is 1.24. The number of amides is 2. The standard InChI is InChI=1S/C18H17FN4O5S/c1-3-28-18(26)23-12-8-13(16(24)27-2)29-14(12)15(22-23)21-17(25)20-9-10-4-6-11(19)7-5-10/h4-8H,3,9H2,1-2H3,(H2,20,21,22,25). The fourth-order valence-corrected chi connectivity index (χ4v) is 3.45. The summed E-state index contributed by atoms with van der Waals surface area (Å²) >= 11 is 1.02. The second-order valence-electron chi connectivity index (χ2n) is 5.71. The highest BCUT2D eigenvalue weighted by molar-refractivity contribution is 7.21. The van der Waals surface area contributed by atoms with E-state index in [1.807, 2.05) is 0 Å². The van der Waals surface area contributed by atoms with Crippen molar-refractivity contribution in [3.05, 3.63) is 46.6 Å². The van der Waals surface area contributed by atoms with Crippen molar-refractivity contribution in [1.82, 2.24) is 15.1 Å². The summed E-state index contributed by atoms with van der Waals surface area (Å²) in [5.41, 5.74) is 1.01. The van der Waals surface area contributed by atoms with Crippen molar-refractivity contribution < 1.29 is 28.2 Å². The molecule has 0 fully saturated rings. The molecule has 2 aromatic heterocycles. The number of rotatable bonds is 5. The van der Waals surface area contributed by atoms with E-state index in [4.69, 9.17) is 9.47 Å². The number of hydrogen-bond donors (Lipinski definition) is 2. The van der Waals surface area contributed by atoms with E-state index in [2.05, 4.69) is 15.7 Å². The molecule has 0 atom stereocenters. The molecule has 0 radical (unpaired) electrons. The highest BCUT2D eigenvalue weighted by Crippen LogP contribution is 2.32. The van der Waals surface area contributed by atoms with Gasteiger partial charge >= 0.3 is 18.1 Å². The minimum absolute atomic E-state index is 0.0878. The van der Waals surface area contributed by atoms with E-state index in [9.17, 15) is 18.8 Å². The van der Waals surface area contributed by atoms with Gasteiger partial charge in [0.05, 0.1) is 23.9 Å². The summed E-state index contributed by atoms with van der Waals surface area (Å²) in [5, 5.41) is 9.24. The van der Waals surface area contributed by atoms with Crippen LogP contribution in [0.1, 0.15) is 22.2 Å². The predicted octanol–water partition coefficient (Wildman–Crippen LogP) is 3.35. The fraction of sp³-hybridized carbons (Fsp3) is 0.222. The maximum Gasteiger partial charge on any atom is 0.435 e. The third-order valence-electron chi connectivity index (χ3n) is 3.78. The van der Waals surface area contributed by atoms with E-state index >= 15 is 0 Å². The Bertz CT molecular complexity index is 1060. The molecular formula is C18H17FN4O5S. The number of nitrogens with one attached hydrogen (secondary N) is 2. The molecule has 0 bridgehead atoms. The van der Waals surface area contributed by atoms with Crippen LogP contribution in [-0.2, 0) is 16.0 Å². The number of urea groups is 1. The Morgan fingerprint density at radius 2 is 1.97 bits per heavy atom. The minimum atomic E-state index is -0.744. The highest BCUT2D eigenvalue weighted by Gasteiger charge is 2.23. The molecule has 0 aliphatic heterocycles. The van der Waals surface area contributed by atoms with Crippen LogP contribution in [0.3, 0.4) is 0 Å². The number of halogens is 1. The van der Waals surface area contributed by atoms with E-state index in [-0.39, 0.29) is 29.7 Å². The lowest BCUT2D eigenvalue weighted by molar-refractivity contribution is 0.0606. The first-order chi connectivity index (χ1) is 13.9. The molecule has 0 aliphatic carbocycles. The Morgan fingerprint density at radius 3 is 2.62 bits per heavy atom. The van der Waals surface area contributed by atoms with Crippen molar-refractivity contribution in [2.24, 2.45) is 0 Å². The summed E-state index contributed by atoms with van der Waals surface area (Å²) in [4.78, 5) is 36.5. The molecule has 1 aromatic carbocycles. The molecule has 152 valence electrons. The first kappa shape index (κ1) is 20.3. The summed E-state index contributed by atoms with van der Waals surface area (Å²) < 4.78 is 24.0. The number of nitrogens with zero attached hydrogens (tertiary/aromatic N) is 2. The topological polar surface area (TPSA) is 112 Å². The van der Waals surface area contributed by atoms with Crippen LogP contribution in [0.25, 0.3) is 10.2 Å². The molecule has 0 aliphatic rings. The summed E-state index contributed by atoms with van der Waals surface area (Å²) in [6.07, 6.45) is -0.744. The van der Waals surface area contributed by atoms with Crippen LogP contribution in [-0.4, -0.2) is 41.6 Å². The Morgan fingerprint density at radius 1 is 1.24 bits per heavy atom. The van der Waals surface area contributed by atoms with Crippen LogP contribution < -0.4 is 10.6 Å². The summed E-state index contributed by atoms with van der Waals surface area (Å²) in [5.74, 6) is -0.859. The molecule has 2 N–H and O–H groups in total. The largest absolute Gasteiger partial charge is 0.465 e. The van der Waals surface area contributed by atoms with Gasteiger partial charge in [-0.05, 0) is 30.7 Å². The number of fused-ring (bicyclic) bond motifs is 1. The highest BCUT2D eigenvalue weighted by atomic mass is 32.1. The van der Waals surface area contributed by atoms with E-state index in [1.165, 1.54) is 25.3 Å². The van der Waals surface area contributed by atoms with Gasteiger partial charge in [-0.3, -0.25) is 5.32 Å². The predicted molar refractivity (Wildman–Crippen MR) is 104 cm³/mol. The minimum Gasteiger partial charge on any atom is -0.465 e. The zero-order chi connectivity index (χ0) is 21.0. The Hall–Kier alpha value is -3.47. The second kappa shape index (κ2) is 8.69.